The van der Waals surface area contributed by atoms with Gasteiger partial charge in [0, 0.05) is 17.3 Å². The van der Waals surface area contributed by atoms with Gasteiger partial charge in [-0.15, -0.1) is 0 Å². The second-order valence-corrected chi connectivity index (χ2v) is 11.7. The molecular weight excluding hydrogens is 366 g/mol. The fourth-order valence-corrected chi connectivity index (χ4v) is 8.81. The number of benzene rings is 1. The van der Waals surface area contributed by atoms with Crippen LogP contribution in [0.2, 0.25) is 0 Å². The number of rotatable bonds is 1. The first-order valence-corrected chi connectivity index (χ1v) is 12.4. The van der Waals surface area contributed by atoms with Gasteiger partial charge in [0.05, 0.1) is 11.6 Å². The molecule has 8 atom stereocenters. The number of hydrogen-bond acceptors (Lipinski definition) is 1. The molecule has 4 aliphatic carbocycles. The van der Waals surface area contributed by atoms with Gasteiger partial charge in [-0.25, -0.2) is 0 Å². The largest absolute Gasteiger partial charge is 0.393 e. The predicted octanol–water partition coefficient (Wildman–Crippen LogP) is 6.74. The molecule has 1 N–H and O–H groups in total. The van der Waals surface area contributed by atoms with Crippen LogP contribution in [0.1, 0.15) is 65.7 Å². The molecule has 6 rings (SSSR count). The second-order valence-electron chi connectivity index (χ2n) is 11.7. The molecule has 3 saturated carbocycles. The van der Waals surface area contributed by atoms with E-state index >= 15 is 0 Å². The molecule has 0 amide bonds. The molecule has 160 valence electrons. The van der Waals surface area contributed by atoms with Gasteiger partial charge >= 0.3 is 0 Å². The number of para-hydroxylation sites is 1. The van der Waals surface area contributed by atoms with E-state index in [1.807, 2.05) is 0 Å². The first-order chi connectivity index (χ1) is 14.4. The summed E-state index contributed by atoms with van der Waals surface area (Å²) in [5.41, 5.74) is 3.17. The lowest BCUT2D eigenvalue weighted by molar-refractivity contribution is -0.160. The molecule has 4 aliphatic rings. The van der Waals surface area contributed by atoms with Crippen molar-refractivity contribution >= 4 is 16.6 Å². The molecule has 30 heavy (non-hydrogen) atoms. The van der Waals surface area contributed by atoms with Crippen molar-refractivity contribution in [2.45, 2.75) is 71.8 Å². The van der Waals surface area contributed by atoms with E-state index in [0.29, 0.717) is 23.2 Å². The zero-order valence-corrected chi connectivity index (χ0v) is 18.8. The van der Waals surface area contributed by atoms with Gasteiger partial charge in [0.25, 0.3) is 0 Å². The lowest BCUT2D eigenvalue weighted by Crippen LogP contribution is -2.58. The van der Waals surface area contributed by atoms with Gasteiger partial charge in [-0.05, 0) is 91.0 Å². The smallest absolute Gasteiger partial charge is 0.0585 e. The van der Waals surface area contributed by atoms with E-state index in [1.54, 1.807) is 0 Å². The van der Waals surface area contributed by atoms with Gasteiger partial charge in [0.1, 0.15) is 0 Å². The molecule has 1 aromatic heterocycles. The van der Waals surface area contributed by atoms with Gasteiger partial charge < -0.3 is 9.67 Å². The Labute approximate surface area is 181 Å². The second kappa shape index (κ2) is 6.48. The average molecular weight is 404 g/mol. The predicted molar refractivity (Wildman–Crippen MR) is 124 cm³/mol. The number of aliphatic hydroxyl groups excluding tert-OH is 1. The Balaban J connectivity index is 1.37. The molecule has 0 spiro atoms. The molecule has 0 bridgehead atoms. The van der Waals surface area contributed by atoms with E-state index in [4.69, 9.17) is 0 Å². The molecule has 0 aliphatic heterocycles. The maximum Gasteiger partial charge on any atom is 0.0585 e. The van der Waals surface area contributed by atoms with Crippen molar-refractivity contribution < 1.29 is 5.11 Å². The number of allylic oxidation sites excluding steroid dienone is 2. The van der Waals surface area contributed by atoms with Crippen LogP contribution in [0.3, 0.4) is 0 Å². The van der Waals surface area contributed by atoms with Gasteiger partial charge in [0.15, 0.2) is 0 Å². The number of aromatic nitrogens is 1. The SMILES string of the molecule is C[C@@H]1CC[C@]2(C)C3C(O)C[C@]4(C)C(n5ccc6ccccc65)=CCC4C3CC[C@@H]2C1. The Morgan fingerprint density at radius 1 is 1.07 bits per heavy atom. The van der Waals surface area contributed by atoms with Gasteiger partial charge in [-0.3, -0.25) is 0 Å². The maximum absolute atomic E-state index is 11.7. The van der Waals surface area contributed by atoms with Crippen molar-refractivity contribution in [2.75, 3.05) is 0 Å². The van der Waals surface area contributed by atoms with Gasteiger partial charge in [-0.2, -0.15) is 0 Å². The first-order valence-electron chi connectivity index (χ1n) is 12.4. The normalized spacial score (nSPS) is 45.5. The number of hydrogen-bond donors (Lipinski definition) is 1. The van der Waals surface area contributed by atoms with Crippen LogP contribution in [-0.4, -0.2) is 15.8 Å². The standard InChI is InChI=1S/C28H37NO/c1-18-12-14-27(2)20(16-18)8-9-21-22-10-11-25(28(22,3)17-24(30)26(21)27)29-15-13-19-6-4-5-7-23(19)29/h4-7,11,13,15,18,20-22,24,26,30H,8-10,12,14,16-17H2,1-3H3/t18-,20-,21?,22?,24?,26?,27+,28+/m1/s1. The summed E-state index contributed by atoms with van der Waals surface area (Å²) in [7, 11) is 0. The van der Waals surface area contributed by atoms with E-state index in [-0.39, 0.29) is 11.5 Å². The van der Waals surface area contributed by atoms with Crippen LogP contribution in [0, 0.1) is 40.4 Å². The minimum atomic E-state index is -0.166. The molecule has 0 radical (unpaired) electrons. The molecule has 0 saturated heterocycles. The highest BCUT2D eigenvalue weighted by molar-refractivity contribution is 5.84. The van der Waals surface area contributed by atoms with E-state index < -0.39 is 0 Å². The molecular formula is C28H37NO. The molecule has 3 fully saturated rings. The lowest BCUT2D eigenvalue weighted by atomic mass is 9.44. The first kappa shape index (κ1) is 19.2. The quantitative estimate of drug-likeness (QED) is 0.560. The van der Waals surface area contributed by atoms with Crippen LogP contribution < -0.4 is 0 Å². The molecule has 1 heterocycles. The fourth-order valence-electron chi connectivity index (χ4n) is 8.81. The summed E-state index contributed by atoms with van der Waals surface area (Å²) in [6.45, 7) is 7.45. The van der Waals surface area contributed by atoms with E-state index in [2.05, 4.69) is 67.9 Å². The van der Waals surface area contributed by atoms with E-state index in [0.717, 1.165) is 18.3 Å². The van der Waals surface area contributed by atoms with Crippen LogP contribution in [0.25, 0.3) is 16.6 Å². The minimum Gasteiger partial charge on any atom is -0.393 e. The molecule has 2 heteroatoms. The molecule has 2 nitrogen and oxygen atoms in total. The maximum atomic E-state index is 11.7. The molecule has 4 unspecified atom stereocenters. The van der Waals surface area contributed by atoms with Crippen molar-refractivity contribution in [3.05, 3.63) is 42.6 Å². The summed E-state index contributed by atoms with van der Waals surface area (Å²) in [6.07, 6.45) is 13.5. The van der Waals surface area contributed by atoms with Crippen LogP contribution in [0.4, 0.5) is 0 Å². The van der Waals surface area contributed by atoms with Crippen molar-refractivity contribution in [3.63, 3.8) is 0 Å². The Morgan fingerprint density at radius 2 is 1.90 bits per heavy atom. The van der Waals surface area contributed by atoms with Crippen LogP contribution in [0.15, 0.2) is 42.6 Å². The topological polar surface area (TPSA) is 25.2 Å². The third kappa shape index (κ3) is 2.46. The Hall–Kier alpha value is -1.54. The zero-order chi connectivity index (χ0) is 20.7. The summed E-state index contributed by atoms with van der Waals surface area (Å²) in [5, 5.41) is 13.0. The van der Waals surface area contributed by atoms with Crippen LogP contribution in [0.5, 0.6) is 0 Å². The Morgan fingerprint density at radius 3 is 2.77 bits per heavy atom. The van der Waals surface area contributed by atoms with Crippen molar-refractivity contribution in [2.24, 2.45) is 40.4 Å². The summed E-state index contributed by atoms with van der Waals surface area (Å²) in [4.78, 5) is 0. The number of fused-ring (bicyclic) bond motifs is 6. The summed E-state index contributed by atoms with van der Waals surface area (Å²) in [5.74, 6) is 3.54. The molecule has 1 aromatic carbocycles. The average Bonchev–Trinajstić information content (AvgIpc) is 3.28. The third-order valence-electron chi connectivity index (χ3n) is 10.3. The van der Waals surface area contributed by atoms with Crippen LogP contribution in [-0.2, 0) is 0 Å². The zero-order valence-electron chi connectivity index (χ0n) is 18.8. The minimum absolute atomic E-state index is 0.0769. The van der Waals surface area contributed by atoms with E-state index in [1.165, 1.54) is 55.1 Å². The van der Waals surface area contributed by atoms with Crippen LogP contribution >= 0.6 is 0 Å². The van der Waals surface area contributed by atoms with Crippen molar-refractivity contribution in [3.8, 4) is 0 Å². The van der Waals surface area contributed by atoms with Crippen molar-refractivity contribution in [1.29, 1.82) is 0 Å². The fraction of sp³-hybridized carbons (Fsp3) is 0.643. The number of nitrogens with zero attached hydrogens (tertiary/aromatic N) is 1. The summed E-state index contributed by atoms with van der Waals surface area (Å²) in [6, 6.07) is 11.0. The highest BCUT2D eigenvalue weighted by Crippen LogP contribution is 2.67. The Bertz CT molecular complexity index is 1000. The monoisotopic (exact) mass is 403 g/mol. The number of aliphatic hydroxyl groups is 1. The van der Waals surface area contributed by atoms with Gasteiger partial charge in [-0.1, -0.05) is 51.5 Å². The van der Waals surface area contributed by atoms with Crippen molar-refractivity contribution in [1.82, 2.24) is 4.57 Å². The Kier molecular flexibility index (Phi) is 4.14. The lowest BCUT2D eigenvalue weighted by Gasteiger charge is -2.62. The third-order valence-corrected chi connectivity index (χ3v) is 10.3. The highest BCUT2D eigenvalue weighted by Gasteiger charge is 2.61. The summed E-state index contributed by atoms with van der Waals surface area (Å²) < 4.78 is 2.43. The van der Waals surface area contributed by atoms with E-state index in [9.17, 15) is 5.11 Å². The highest BCUT2D eigenvalue weighted by atomic mass is 16.3. The van der Waals surface area contributed by atoms with Gasteiger partial charge in [0.2, 0.25) is 0 Å². The molecule has 2 aromatic rings. The summed E-state index contributed by atoms with van der Waals surface area (Å²) >= 11 is 0.